The maximum atomic E-state index is 12.2. The molecule has 0 aromatic heterocycles. The lowest BCUT2D eigenvalue weighted by molar-refractivity contribution is -0.138. The summed E-state index contributed by atoms with van der Waals surface area (Å²) in [5, 5.41) is 11.7. The summed E-state index contributed by atoms with van der Waals surface area (Å²) in [7, 11) is 0. The van der Waals surface area contributed by atoms with E-state index in [-0.39, 0.29) is 12.3 Å². The number of amides is 1. The highest BCUT2D eigenvalue weighted by Gasteiger charge is 2.41. The largest absolute Gasteiger partial charge is 0.481 e. The fraction of sp³-hybridized carbons (Fsp3) is 0.429. The Morgan fingerprint density at radius 2 is 2.06 bits per heavy atom. The third kappa shape index (κ3) is 2.37. The van der Waals surface area contributed by atoms with Crippen LogP contribution in [0.15, 0.2) is 30.3 Å². The number of carboxylic acids is 1. The van der Waals surface area contributed by atoms with Gasteiger partial charge >= 0.3 is 5.97 Å². The van der Waals surface area contributed by atoms with E-state index in [2.05, 4.69) is 5.32 Å². The van der Waals surface area contributed by atoms with Crippen molar-refractivity contribution in [2.75, 3.05) is 6.54 Å². The van der Waals surface area contributed by atoms with Crippen LogP contribution < -0.4 is 5.32 Å². The van der Waals surface area contributed by atoms with E-state index in [0.717, 1.165) is 18.4 Å². The topological polar surface area (TPSA) is 66.4 Å². The zero-order chi connectivity index (χ0) is 13.0. The summed E-state index contributed by atoms with van der Waals surface area (Å²) in [4.78, 5) is 23.0. The van der Waals surface area contributed by atoms with Gasteiger partial charge in [0.2, 0.25) is 5.91 Å². The smallest absolute Gasteiger partial charge is 0.303 e. The predicted molar refractivity (Wildman–Crippen MR) is 67.2 cm³/mol. The molecule has 0 spiro atoms. The molecule has 0 bridgehead atoms. The van der Waals surface area contributed by atoms with Crippen LogP contribution in [0.4, 0.5) is 0 Å². The summed E-state index contributed by atoms with van der Waals surface area (Å²) in [6.45, 7) is 0.681. The van der Waals surface area contributed by atoms with Crippen molar-refractivity contribution in [2.45, 2.75) is 31.1 Å². The van der Waals surface area contributed by atoms with Crippen LogP contribution >= 0.6 is 0 Å². The van der Waals surface area contributed by atoms with Crippen LogP contribution in [0.3, 0.4) is 0 Å². The molecular formula is C14H17NO3. The molecule has 1 atom stereocenters. The zero-order valence-corrected chi connectivity index (χ0v) is 10.2. The van der Waals surface area contributed by atoms with E-state index in [9.17, 15) is 9.59 Å². The molecule has 96 valence electrons. The number of benzene rings is 1. The van der Waals surface area contributed by atoms with E-state index in [1.54, 1.807) is 0 Å². The fourth-order valence-electron chi connectivity index (χ4n) is 2.61. The van der Waals surface area contributed by atoms with Gasteiger partial charge in [0.25, 0.3) is 0 Å². The second-order valence-electron chi connectivity index (χ2n) is 4.70. The van der Waals surface area contributed by atoms with Crippen molar-refractivity contribution in [3.8, 4) is 0 Å². The lowest BCUT2D eigenvalue weighted by Gasteiger charge is -2.36. The number of carboxylic acid groups (broad SMARTS) is 1. The molecule has 4 heteroatoms. The van der Waals surface area contributed by atoms with Gasteiger partial charge in [-0.2, -0.15) is 0 Å². The van der Waals surface area contributed by atoms with Gasteiger partial charge in [-0.25, -0.2) is 0 Å². The number of nitrogens with one attached hydrogen (secondary N) is 1. The first-order valence-corrected chi connectivity index (χ1v) is 6.21. The van der Waals surface area contributed by atoms with Crippen LogP contribution in [0.2, 0.25) is 0 Å². The third-order valence-electron chi connectivity index (χ3n) is 3.59. The van der Waals surface area contributed by atoms with E-state index in [1.165, 1.54) is 0 Å². The van der Waals surface area contributed by atoms with Gasteiger partial charge in [-0.1, -0.05) is 30.3 Å². The zero-order valence-electron chi connectivity index (χ0n) is 10.2. The van der Waals surface area contributed by atoms with Crippen LogP contribution in [0.5, 0.6) is 0 Å². The summed E-state index contributed by atoms with van der Waals surface area (Å²) in [5.41, 5.74) is 0.251. The molecule has 0 radical (unpaired) electrons. The summed E-state index contributed by atoms with van der Waals surface area (Å²) in [6, 6.07) is 9.49. The summed E-state index contributed by atoms with van der Waals surface area (Å²) in [5.74, 6) is -0.898. The SMILES string of the molecule is O=C(O)CCC1(c2ccccc2)CCCNC1=O. The van der Waals surface area contributed by atoms with Crippen molar-refractivity contribution in [1.29, 1.82) is 0 Å². The van der Waals surface area contributed by atoms with Gasteiger partial charge < -0.3 is 10.4 Å². The average Bonchev–Trinajstić information content (AvgIpc) is 2.39. The Balaban J connectivity index is 2.32. The average molecular weight is 247 g/mol. The lowest BCUT2D eigenvalue weighted by atomic mass is 9.71. The van der Waals surface area contributed by atoms with Gasteiger partial charge in [-0.3, -0.25) is 9.59 Å². The second-order valence-corrected chi connectivity index (χ2v) is 4.70. The van der Waals surface area contributed by atoms with Gasteiger partial charge in [-0.05, 0) is 24.8 Å². The highest BCUT2D eigenvalue weighted by atomic mass is 16.4. The molecular weight excluding hydrogens is 230 g/mol. The number of piperidine rings is 1. The molecule has 1 aliphatic rings. The Morgan fingerprint density at radius 1 is 1.33 bits per heavy atom. The first kappa shape index (κ1) is 12.6. The Labute approximate surface area is 106 Å². The van der Waals surface area contributed by atoms with Crippen LogP contribution in [0.1, 0.15) is 31.2 Å². The summed E-state index contributed by atoms with van der Waals surface area (Å²) >= 11 is 0. The molecule has 1 aliphatic heterocycles. The minimum Gasteiger partial charge on any atom is -0.481 e. The molecule has 0 saturated carbocycles. The van der Waals surface area contributed by atoms with Crippen molar-refractivity contribution in [2.24, 2.45) is 0 Å². The standard InChI is InChI=1S/C14H17NO3/c16-12(17)7-9-14(8-4-10-15-13(14)18)11-5-2-1-3-6-11/h1-3,5-6H,4,7-10H2,(H,15,18)(H,16,17). The van der Waals surface area contributed by atoms with E-state index in [4.69, 9.17) is 5.11 Å². The van der Waals surface area contributed by atoms with Gasteiger partial charge in [0.1, 0.15) is 0 Å². The van der Waals surface area contributed by atoms with Crippen molar-refractivity contribution in [1.82, 2.24) is 5.32 Å². The molecule has 1 heterocycles. The van der Waals surface area contributed by atoms with Crippen LogP contribution in [0.25, 0.3) is 0 Å². The molecule has 4 nitrogen and oxygen atoms in total. The van der Waals surface area contributed by atoms with Gasteiger partial charge in [0.15, 0.2) is 0 Å². The predicted octanol–water partition coefficient (Wildman–Crippen LogP) is 1.70. The maximum absolute atomic E-state index is 12.2. The number of carbonyl (C=O) groups excluding carboxylic acids is 1. The Morgan fingerprint density at radius 3 is 2.67 bits per heavy atom. The molecule has 1 unspecified atom stereocenters. The Hall–Kier alpha value is -1.84. The van der Waals surface area contributed by atoms with E-state index >= 15 is 0 Å². The molecule has 0 aliphatic carbocycles. The minimum absolute atomic E-state index is 0.0162. The highest BCUT2D eigenvalue weighted by Crippen LogP contribution is 2.36. The summed E-state index contributed by atoms with van der Waals surface area (Å²) < 4.78 is 0. The first-order chi connectivity index (χ1) is 8.65. The van der Waals surface area contributed by atoms with Crippen LogP contribution in [0, 0.1) is 0 Å². The van der Waals surface area contributed by atoms with Crippen LogP contribution in [-0.4, -0.2) is 23.5 Å². The maximum Gasteiger partial charge on any atom is 0.303 e. The Bertz CT molecular complexity index is 444. The molecule has 1 aromatic carbocycles. The number of hydrogen-bond acceptors (Lipinski definition) is 2. The van der Waals surface area contributed by atoms with Gasteiger partial charge in [0, 0.05) is 13.0 Å². The highest BCUT2D eigenvalue weighted by molar-refractivity contribution is 5.89. The number of hydrogen-bond donors (Lipinski definition) is 2. The van der Waals surface area contributed by atoms with Crippen molar-refractivity contribution in [3.05, 3.63) is 35.9 Å². The van der Waals surface area contributed by atoms with E-state index in [1.807, 2.05) is 30.3 Å². The fourth-order valence-corrected chi connectivity index (χ4v) is 2.61. The quantitative estimate of drug-likeness (QED) is 0.851. The van der Waals surface area contributed by atoms with Gasteiger partial charge in [-0.15, -0.1) is 0 Å². The van der Waals surface area contributed by atoms with E-state index in [0.29, 0.717) is 13.0 Å². The second kappa shape index (κ2) is 5.21. The van der Waals surface area contributed by atoms with Crippen LogP contribution in [-0.2, 0) is 15.0 Å². The number of aliphatic carboxylic acids is 1. The Kier molecular flexibility index (Phi) is 3.65. The molecule has 1 amide bonds. The molecule has 1 fully saturated rings. The summed E-state index contributed by atoms with van der Waals surface area (Å²) in [6.07, 6.45) is 1.98. The van der Waals surface area contributed by atoms with Gasteiger partial charge in [0.05, 0.1) is 5.41 Å². The molecule has 2 N–H and O–H groups in total. The third-order valence-corrected chi connectivity index (χ3v) is 3.59. The number of carbonyl (C=O) groups is 2. The van der Waals surface area contributed by atoms with Crippen molar-refractivity contribution >= 4 is 11.9 Å². The minimum atomic E-state index is -0.858. The first-order valence-electron chi connectivity index (χ1n) is 6.21. The molecule has 1 saturated heterocycles. The molecule has 18 heavy (non-hydrogen) atoms. The number of rotatable bonds is 4. The molecule has 1 aromatic rings. The lowest BCUT2D eigenvalue weighted by Crippen LogP contribution is -2.49. The normalized spacial score (nSPS) is 23.4. The monoisotopic (exact) mass is 247 g/mol. The van der Waals surface area contributed by atoms with E-state index < -0.39 is 11.4 Å². The van der Waals surface area contributed by atoms with Crippen molar-refractivity contribution < 1.29 is 14.7 Å². The van der Waals surface area contributed by atoms with Crippen molar-refractivity contribution in [3.63, 3.8) is 0 Å². The molecule has 2 rings (SSSR count).